The largest absolute Gasteiger partial charge is 0.425 e. The molecule has 2 rings (SSSR count). The van der Waals surface area contributed by atoms with Crippen molar-refractivity contribution in [3.63, 3.8) is 0 Å². The van der Waals surface area contributed by atoms with Crippen LogP contribution in [-0.2, 0) is 9.59 Å². The number of hydrogen-bond acceptors (Lipinski definition) is 4. The molecule has 0 heterocycles. The van der Waals surface area contributed by atoms with Gasteiger partial charge in [0.1, 0.15) is 11.5 Å². The van der Waals surface area contributed by atoms with Gasteiger partial charge in [0.25, 0.3) is 0 Å². The highest BCUT2D eigenvalue weighted by atomic mass is 35.5. The van der Waals surface area contributed by atoms with E-state index in [1.54, 1.807) is 24.3 Å². The summed E-state index contributed by atoms with van der Waals surface area (Å²) in [6.07, 6.45) is 1.59. The van der Waals surface area contributed by atoms with Crippen LogP contribution in [0, 0.1) is 0 Å². The van der Waals surface area contributed by atoms with Crippen molar-refractivity contribution in [3.8, 4) is 11.5 Å². The van der Waals surface area contributed by atoms with Crippen LogP contribution in [-0.4, -0.2) is 21.6 Å². The van der Waals surface area contributed by atoms with Crippen molar-refractivity contribution in [2.75, 3.05) is 0 Å². The number of halogens is 4. The van der Waals surface area contributed by atoms with Gasteiger partial charge in [0, 0.05) is 0 Å². The van der Waals surface area contributed by atoms with E-state index in [-0.39, 0.29) is 0 Å². The minimum absolute atomic E-state index is 0.367. The van der Waals surface area contributed by atoms with E-state index in [2.05, 4.69) is 13.8 Å². The zero-order valence-corrected chi connectivity index (χ0v) is 19.4. The number of allylic oxidation sites excluding steroid dienone is 2. The molecule has 8 heteroatoms. The molecule has 2 aromatic carbocycles. The fraction of sp³-hybridized carbons (Fsp3) is 0.273. The van der Waals surface area contributed by atoms with Crippen LogP contribution < -0.4 is 9.47 Å². The molecule has 4 nitrogen and oxygen atoms in total. The highest BCUT2D eigenvalue weighted by Crippen LogP contribution is 2.33. The first-order valence-corrected chi connectivity index (χ1v) is 10.9. The molecule has 0 aliphatic carbocycles. The van der Waals surface area contributed by atoms with Crippen LogP contribution in [0.2, 0.25) is 0 Å². The smallest absolute Gasteiger partial charge is 0.344 e. The Labute approximate surface area is 195 Å². The Morgan fingerprint density at radius 2 is 0.967 bits per heavy atom. The number of carbonyl (C=O) groups excluding carboxylic acids is 2. The van der Waals surface area contributed by atoms with Gasteiger partial charge < -0.3 is 9.47 Å². The maximum Gasteiger partial charge on any atom is 0.344 e. The Bertz CT molecular complexity index is 828. The second-order valence-electron chi connectivity index (χ2n) is 6.16. The highest BCUT2D eigenvalue weighted by Gasteiger charge is 2.16. The Morgan fingerprint density at radius 1 is 0.667 bits per heavy atom. The summed E-state index contributed by atoms with van der Waals surface area (Å²) in [5.41, 5.74) is 4.30. The molecule has 0 saturated carbocycles. The Morgan fingerprint density at radius 3 is 1.20 bits per heavy atom. The molecule has 30 heavy (non-hydrogen) atoms. The van der Waals surface area contributed by atoms with Crippen molar-refractivity contribution in [2.45, 2.75) is 36.4 Å². The fourth-order valence-electron chi connectivity index (χ4n) is 2.95. The van der Waals surface area contributed by atoms with E-state index >= 15 is 0 Å². The average molecular weight is 490 g/mol. The number of carbonyl (C=O) groups is 2. The van der Waals surface area contributed by atoms with Crippen molar-refractivity contribution in [1.29, 1.82) is 0 Å². The predicted octanol–water partition coefficient (Wildman–Crippen LogP) is 6.84. The predicted molar refractivity (Wildman–Crippen MR) is 123 cm³/mol. The summed E-state index contributed by atoms with van der Waals surface area (Å²) in [6.45, 7) is 4.14. The summed E-state index contributed by atoms with van der Waals surface area (Å²) in [5, 5.41) is 0. The Hall–Kier alpha value is -1.72. The summed E-state index contributed by atoms with van der Waals surface area (Å²) in [5.74, 6) is -0.706. The quantitative estimate of drug-likeness (QED) is 0.176. The first-order valence-electron chi connectivity index (χ1n) is 9.19. The van der Waals surface area contributed by atoms with Gasteiger partial charge >= 0.3 is 11.9 Å². The molecular formula is C22H20Cl4O4. The van der Waals surface area contributed by atoms with Gasteiger partial charge in [0.05, 0.1) is 0 Å². The summed E-state index contributed by atoms with van der Waals surface area (Å²) >= 11 is 22.0. The maximum atomic E-state index is 11.5. The molecule has 0 aliphatic rings. The van der Waals surface area contributed by atoms with Crippen molar-refractivity contribution in [2.24, 2.45) is 0 Å². The molecule has 0 atom stereocenters. The van der Waals surface area contributed by atoms with E-state index in [1.807, 2.05) is 24.3 Å². The van der Waals surface area contributed by atoms with Crippen molar-refractivity contribution < 1.29 is 19.1 Å². The Kier molecular flexibility index (Phi) is 9.50. The van der Waals surface area contributed by atoms with E-state index in [4.69, 9.17) is 55.9 Å². The van der Waals surface area contributed by atoms with E-state index in [0.29, 0.717) is 11.5 Å². The van der Waals surface area contributed by atoms with Crippen LogP contribution in [0.25, 0.3) is 11.1 Å². The van der Waals surface area contributed by atoms with Crippen molar-refractivity contribution >= 4 is 69.5 Å². The van der Waals surface area contributed by atoms with Crippen LogP contribution in [0.15, 0.2) is 48.5 Å². The van der Waals surface area contributed by atoms with Crippen LogP contribution in [0.5, 0.6) is 11.5 Å². The van der Waals surface area contributed by atoms with Crippen LogP contribution in [0.1, 0.15) is 37.8 Å². The number of ether oxygens (including phenoxy) is 2. The molecule has 0 radical (unpaired) electrons. The summed E-state index contributed by atoms with van der Waals surface area (Å²) in [6, 6.07) is 14.3. The summed E-state index contributed by atoms with van der Waals surface area (Å²) in [7, 11) is 0. The molecule has 0 aliphatic heterocycles. The standard InChI is InChI=1S/C22H20Cl4O4/c1-3-17(13-5-9-15(10-6-13)29-21(27)19(23)24)18(4-2)14-7-11-16(12-8-14)30-22(28)20(25)26/h5-12,19-20H,3-4H2,1-2H3. The van der Waals surface area contributed by atoms with Crippen molar-refractivity contribution in [3.05, 3.63) is 59.7 Å². The third kappa shape index (κ3) is 6.64. The number of esters is 2. The summed E-state index contributed by atoms with van der Waals surface area (Å²) in [4.78, 5) is 20.6. The first-order chi connectivity index (χ1) is 14.3. The van der Waals surface area contributed by atoms with Gasteiger partial charge in [0.15, 0.2) is 0 Å². The highest BCUT2D eigenvalue weighted by molar-refractivity contribution is 6.53. The molecule has 0 spiro atoms. The van der Waals surface area contributed by atoms with E-state index in [9.17, 15) is 9.59 Å². The van der Waals surface area contributed by atoms with Crippen molar-refractivity contribution in [1.82, 2.24) is 0 Å². The molecule has 0 N–H and O–H groups in total. The molecule has 2 aromatic rings. The number of hydrogen-bond donors (Lipinski definition) is 0. The lowest BCUT2D eigenvalue weighted by Crippen LogP contribution is -2.15. The van der Waals surface area contributed by atoms with E-state index < -0.39 is 21.6 Å². The number of benzene rings is 2. The van der Waals surface area contributed by atoms with Crippen LogP contribution in [0.4, 0.5) is 0 Å². The minimum atomic E-state index is -1.23. The van der Waals surface area contributed by atoms with Gasteiger partial charge in [-0.25, -0.2) is 9.59 Å². The third-order valence-electron chi connectivity index (χ3n) is 4.27. The fourth-order valence-corrected chi connectivity index (χ4v) is 3.13. The lowest BCUT2D eigenvalue weighted by Gasteiger charge is -2.15. The molecule has 0 bridgehead atoms. The van der Waals surface area contributed by atoms with Gasteiger partial charge in [-0.3, -0.25) is 0 Å². The van der Waals surface area contributed by atoms with Gasteiger partial charge in [0.2, 0.25) is 9.67 Å². The lowest BCUT2D eigenvalue weighted by atomic mass is 9.91. The van der Waals surface area contributed by atoms with E-state index in [0.717, 1.165) is 35.1 Å². The zero-order valence-electron chi connectivity index (χ0n) is 16.3. The normalized spacial score (nSPS) is 12.0. The maximum absolute atomic E-state index is 11.5. The third-order valence-corrected chi connectivity index (χ3v) is 4.98. The van der Waals surface area contributed by atoms with Gasteiger partial charge in [-0.15, -0.1) is 0 Å². The molecular weight excluding hydrogens is 470 g/mol. The second kappa shape index (κ2) is 11.6. The Balaban J connectivity index is 2.29. The van der Waals surface area contributed by atoms with Gasteiger partial charge in [-0.1, -0.05) is 84.5 Å². The average Bonchev–Trinajstić information content (AvgIpc) is 2.73. The van der Waals surface area contributed by atoms with Crippen LogP contribution in [0.3, 0.4) is 0 Å². The number of alkyl halides is 4. The zero-order chi connectivity index (χ0) is 22.3. The van der Waals surface area contributed by atoms with Crippen LogP contribution >= 0.6 is 46.4 Å². The molecule has 160 valence electrons. The summed E-state index contributed by atoms with van der Waals surface area (Å²) < 4.78 is 10.2. The first kappa shape index (κ1) is 24.5. The monoisotopic (exact) mass is 488 g/mol. The molecule has 0 saturated heterocycles. The SMILES string of the molecule is CCC(=C(CC)c1ccc(OC(=O)C(Cl)Cl)cc1)c1ccc(OC(=O)C(Cl)Cl)cc1. The second-order valence-corrected chi connectivity index (χ2v) is 8.35. The lowest BCUT2D eigenvalue weighted by molar-refractivity contribution is -0.133. The molecule has 0 fully saturated rings. The molecule has 0 unspecified atom stereocenters. The molecule has 0 aromatic heterocycles. The number of rotatable bonds is 8. The van der Waals surface area contributed by atoms with E-state index in [1.165, 1.54) is 0 Å². The van der Waals surface area contributed by atoms with Gasteiger partial charge in [-0.05, 0) is 59.4 Å². The van der Waals surface area contributed by atoms with Gasteiger partial charge in [-0.2, -0.15) is 0 Å². The topological polar surface area (TPSA) is 52.6 Å². The minimum Gasteiger partial charge on any atom is -0.425 e. The molecule has 0 amide bonds.